The average Bonchev–Trinajstić information content (AvgIpc) is 2.91. The Bertz CT molecular complexity index is 571. The highest BCUT2D eigenvalue weighted by atomic mass is 35.5. The van der Waals surface area contributed by atoms with E-state index in [-0.39, 0.29) is 12.4 Å². The Morgan fingerprint density at radius 3 is 2.36 bits per heavy atom. The molecule has 0 saturated carbocycles. The van der Waals surface area contributed by atoms with Gasteiger partial charge in [-0.25, -0.2) is 0 Å². The van der Waals surface area contributed by atoms with Gasteiger partial charge in [-0.05, 0) is 50.8 Å². The number of hydrogen-bond acceptors (Lipinski definition) is 2. The standard InChI is InChI=1S/C18H28N2O.ClH/c1-5-13(3)20(14(4)6-2)11-10-15-12-19-16-8-7-9-17(21)18(15)16;/h7-9,12-14,19,21H,5-6,10-11H2,1-4H3;1H. The number of phenolic OH excluding ortho intramolecular Hbond substituents is 1. The average molecular weight is 325 g/mol. The molecule has 22 heavy (non-hydrogen) atoms. The summed E-state index contributed by atoms with van der Waals surface area (Å²) in [6.45, 7) is 10.1. The van der Waals surface area contributed by atoms with Gasteiger partial charge in [-0.15, -0.1) is 12.4 Å². The van der Waals surface area contributed by atoms with Gasteiger partial charge < -0.3 is 10.1 Å². The minimum Gasteiger partial charge on any atom is -0.507 e. The number of nitrogens with one attached hydrogen (secondary N) is 1. The fourth-order valence-corrected chi connectivity index (χ4v) is 3.03. The van der Waals surface area contributed by atoms with Gasteiger partial charge in [0.1, 0.15) is 5.75 Å². The Morgan fingerprint density at radius 2 is 1.77 bits per heavy atom. The van der Waals surface area contributed by atoms with E-state index >= 15 is 0 Å². The minimum atomic E-state index is 0. The molecule has 2 aromatic rings. The number of phenols is 1. The lowest BCUT2D eigenvalue weighted by Crippen LogP contribution is -2.41. The Labute approximate surface area is 140 Å². The number of aromatic nitrogens is 1. The molecule has 2 atom stereocenters. The van der Waals surface area contributed by atoms with Gasteiger partial charge in [0, 0.05) is 35.7 Å². The van der Waals surface area contributed by atoms with Crippen LogP contribution in [0, 0.1) is 0 Å². The van der Waals surface area contributed by atoms with Gasteiger partial charge in [-0.1, -0.05) is 19.9 Å². The van der Waals surface area contributed by atoms with E-state index in [1.807, 2.05) is 18.3 Å². The van der Waals surface area contributed by atoms with Crippen LogP contribution in [0.15, 0.2) is 24.4 Å². The fraction of sp³-hybridized carbons (Fsp3) is 0.556. The van der Waals surface area contributed by atoms with Gasteiger partial charge >= 0.3 is 0 Å². The van der Waals surface area contributed by atoms with Crippen molar-refractivity contribution in [3.63, 3.8) is 0 Å². The van der Waals surface area contributed by atoms with Crippen molar-refractivity contribution >= 4 is 23.3 Å². The molecule has 1 aromatic carbocycles. The molecule has 0 aliphatic heterocycles. The van der Waals surface area contributed by atoms with E-state index in [9.17, 15) is 5.11 Å². The topological polar surface area (TPSA) is 39.3 Å². The molecule has 1 aromatic heterocycles. The van der Waals surface area contributed by atoms with E-state index in [2.05, 4.69) is 37.6 Å². The lowest BCUT2D eigenvalue weighted by Gasteiger charge is -2.33. The van der Waals surface area contributed by atoms with Crippen molar-refractivity contribution in [1.82, 2.24) is 9.88 Å². The van der Waals surface area contributed by atoms with Crippen LogP contribution in [0.3, 0.4) is 0 Å². The van der Waals surface area contributed by atoms with E-state index in [0.29, 0.717) is 17.8 Å². The molecule has 0 radical (unpaired) electrons. The molecular formula is C18H29ClN2O. The molecule has 0 spiro atoms. The zero-order valence-electron chi connectivity index (χ0n) is 14.1. The number of rotatable bonds is 7. The number of hydrogen-bond donors (Lipinski definition) is 2. The van der Waals surface area contributed by atoms with E-state index in [0.717, 1.165) is 23.9 Å². The molecule has 0 bridgehead atoms. The molecule has 0 aliphatic rings. The summed E-state index contributed by atoms with van der Waals surface area (Å²) in [5, 5.41) is 11.1. The van der Waals surface area contributed by atoms with Crippen molar-refractivity contribution in [3.8, 4) is 5.75 Å². The number of H-pyrrole nitrogens is 1. The van der Waals surface area contributed by atoms with E-state index in [1.54, 1.807) is 6.07 Å². The summed E-state index contributed by atoms with van der Waals surface area (Å²) in [4.78, 5) is 5.84. The Hall–Kier alpha value is -1.19. The van der Waals surface area contributed by atoms with Gasteiger partial charge in [0.15, 0.2) is 0 Å². The van der Waals surface area contributed by atoms with E-state index in [1.165, 1.54) is 18.4 Å². The van der Waals surface area contributed by atoms with Gasteiger partial charge in [-0.3, -0.25) is 4.90 Å². The van der Waals surface area contributed by atoms with Crippen LogP contribution in [-0.4, -0.2) is 33.6 Å². The van der Waals surface area contributed by atoms with E-state index in [4.69, 9.17) is 0 Å². The lowest BCUT2D eigenvalue weighted by atomic mass is 10.1. The second-order valence-electron chi connectivity index (χ2n) is 6.02. The van der Waals surface area contributed by atoms with Crippen molar-refractivity contribution in [3.05, 3.63) is 30.0 Å². The van der Waals surface area contributed by atoms with Crippen molar-refractivity contribution in [2.45, 2.75) is 59.0 Å². The number of aromatic hydroxyl groups is 1. The summed E-state index contributed by atoms with van der Waals surface area (Å²) in [6, 6.07) is 6.85. The quantitative estimate of drug-likeness (QED) is 0.772. The Balaban J connectivity index is 0.00000242. The Morgan fingerprint density at radius 1 is 1.14 bits per heavy atom. The number of aromatic amines is 1. The molecule has 1 heterocycles. The zero-order chi connectivity index (χ0) is 15.4. The van der Waals surface area contributed by atoms with Crippen molar-refractivity contribution in [1.29, 1.82) is 0 Å². The van der Waals surface area contributed by atoms with E-state index < -0.39 is 0 Å². The number of benzene rings is 1. The smallest absolute Gasteiger partial charge is 0.125 e. The molecule has 124 valence electrons. The van der Waals surface area contributed by atoms with Gasteiger partial charge in [0.2, 0.25) is 0 Å². The van der Waals surface area contributed by atoms with Gasteiger partial charge in [-0.2, -0.15) is 0 Å². The number of fused-ring (bicyclic) bond motifs is 1. The Kier molecular flexibility index (Phi) is 7.24. The minimum absolute atomic E-state index is 0. The summed E-state index contributed by atoms with van der Waals surface area (Å²) in [7, 11) is 0. The molecule has 3 nitrogen and oxygen atoms in total. The zero-order valence-corrected chi connectivity index (χ0v) is 14.9. The third-order valence-electron chi connectivity index (χ3n) is 4.72. The van der Waals surface area contributed by atoms with Crippen LogP contribution in [0.2, 0.25) is 0 Å². The first kappa shape index (κ1) is 18.9. The maximum atomic E-state index is 10.1. The van der Waals surface area contributed by atoms with Gasteiger partial charge in [0.25, 0.3) is 0 Å². The molecule has 2 N–H and O–H groups in total. The molecule has 0 saturated heterocycles. The molecule has 0 aliphatic carbocycles. The SMILES string of the molecule is CCC(C)N(CCc1c[nH]c2cccc(O)c12)C(C)CC.Cl. The predicted molar refractivity (Wildman–Crippen MR) is 97.1 cm³/mol. The third-order valence-corrected chi connectivity index (χ3v) is 4.72. The number of nitrogens with zero attached hydrogens (tertiary/aromatic N) is 1. The van der Waals surface area contributed by atoms with Crippen LogP contribution in [0.25, 0.3) is 10.9 Å². The highest BCUT2D eigenvalue weighted by molar-refractivity contribution is 5.88. The largest absolute Gasteiger partial charge is 0.507 e. The molecule has 0 fully saturated rings. The highest BCUT2D eigenvalue weighted by Gasteiger charge is 2.18. The predicted octanol–water partition coefficient (Wildman–Crippen LogP) is 4.74. The van der Waals surface area contributed by atoms with Crippen molar-refractivity contribution in [2.75, 3.05) is 6.54 Å². The van der Waals surface area contributed by atoms with Crippen LogP contribution >= 0.6 is 12.4 Å². The van der Waals surface area contributed by atoms with Crippen LogP contribution in [0.5, 0.6) is 5.75 Å². The summed E-state index contributed by atoms with van der Waals surface area (Å²) in [6.07, 6.45) is 5.34. The monoisotopic (exact) mass is 324 g/mol. The fourth-order valence-electron chi connectivity index (χ4n) is 3.03. The summed E-state index contributed by atoms with van der Waals surface area (Å²) < 4.78 is 0. The first-order chi connectivity index (χ1) is 10.1. The van der Waals surface area contributed by atoms with Crippen LogP contribution in [-0.2, 0) is 6.42 Å². The van der Waals surface area contributed by atoms with Crippen molar-refractivity contribution in [2.24, 2.45) is 0 Å². The molecular weight excluding hydrogens is 296 g/mol. The second-order valence-corrected chi connectivity index (χ2v) is 6.02. The molecule has 2 rings (SSSR count). The normalized spacial score (nSPS) is 14.0. The number of halogens is 1. The lowest BCUT2D eigenvalue weighted by molar-refractivity contribution is 0.148. The van der Waals surface area contributed by atoms with Gasteiger partial charge in [0.05, 0.1) is 0 Å². The summed E-state index contributed by atoms with van der Waals surface area (Å²) in [5.74, 6) is 0.377. The summed E-state index contributed by atoms with van der Waals surface area (Å²) in [5.41, 5.74) is 2.23. The summed E-state index contributed by atoms with van der Waals surface area (Å²) >= 11 is 0. The maximum Gasteiger partial charge on any atom is 0.125 e. The highest BCUT2D eigenvalue weighted by Crippen LogP contribution is 2.28. The molecule has 0 amide bonds. The first-order valence-electron chi connectivity index (χ1n) is 8.12. The van der Waals surface area contributed by atoms with Crippen LogP contribution < -0.4 is 0 Å². The van der Waals surface area contributed by atoms with Crippen LogP contribution in [0.4, 0.5) is 0 Å². The second kappa shape index (κ2) is 8.44. The van der Waals surface area contributed by atoms with Crippen LogP contribution in [0.1, 0.15) is 46.1 Å². The third kappa shape index (κ3) is 3.96. The first-order valence-corrected chi connectivity index (χ1v) is 8.12. The van der Waals surface area contributed by atoms with Crippen molar-refractivity contribution < 1.29 is 5.11 Å². The maximum absolute atomic E-state index is 10.1. The molecule has 2 unspecified atom stereocenters. The molecule has 4 heteroatoms.